The van der Waals surface area contributed by atoms with Crippen molar-refractivity contribution in [2.75, 3.05) is 13.1 Å². The van der Waals surface area contributed by atoms with E-state index < -0.39 is 36.4 Å². The number of carbonyl (C=O) groups is 4. The van der Waals surface area contributed by atoms with Gasteiger partial charge < -0.3 is 15.7 Å². The molecule has 0 aliphatic carbocycles. The molecule has 0 saturated carbocycles. The van der Waals surface area contributed by atoms with Crippen LogP contribution in [0, 0.1) is 0 Å². The van der Waals surface area contributed by atoms with Crippen LogP contribution in [0.2, 0.25) is 0 Å². The van der Waals surface area contributed by atoms with Gasteiger partial charge >= 0.3 is 12.0 Å². The topological polar surface area (TPSA) is 116 Å². The Balaban J connectivity index is 2.54. The summed E-state index contributed by atoms with van der Waals surface area (Å²) >= 11 is 0. The number of carboxylic acids is 1. The first kappa shape index (κ1) is 13.7. The van der Waals surface area contributed by atoms with Gasteiger partial charge in [-0.15, -0.1) is 6.58 Å². The lowest BCUT2D eigenvalue weighted by Gasteiger charge is -2.15. The van der Waals surface area contributed by atoms with Crippen molar-refractivity contribution in [1.82, 2.24) is 15.5 Å². The number of nitrogens with zero attached hydrogens (tertiary/aromatic N) is 1. The van der Waals surface area contributed by atoms with Crippen LogP contribution < -0.4 is 10.6 Å². The summed E-state index contributed by atoms with van der Waals surface area (Å²) in [5, 5.41) is 13.2. The minimum absolute atomic E-state index is 0.0568. The second-order valence-electron chi connectivity index (χ2n) is 3.62. The Bertz CT molecular complexity index is 390. The lowest BCUT2D eigenvalue weighted by Crippen LogP contribution is -2.46. The van der Waals surface area contributed by atoms with Crippen molar-refractivity contribution in [2.24, 2.45) is 0 Å². The van der Waals surface area contributed by atoms with Gasteiger partial charge in [0.2, 0.25) is 5.91 Å². The summed E-state index contributed by atoms with van der Waals surface area (Å²) < 4.78 is 0. The lowest BCUT2D eigenvalue weighted by molar-refractivity contribution is -0.141. The molecular weight excluding hydrogens is 242 g/mol. The molecule has 8 heteroatoms. The fourth-order valence-electron chi connectivity index (χ4n) is 1.39. The number of carbonyl (C=O) groups excluding carboxylic acids is 3. The minimum Gasteiger partial charge on any atom is -0.480 e. The molecule has 1 aliphatic heterocycles. The van der Waals surface area contributed by atoms with Crippen molar-refractivity contribution in [1.29, 1.82) is 0 Å². The molecule has 1 heterocycles. The van der Waals surface area contributed by atoms with Crippen LogP contribution in [0.5, 0.6) is 0 Å². The fourth-order valence-corrected chi connectivity index (χ4v) is 1.39. The highest BCUT2D eigenvalue weighted by molar-refractivity contribution is 6.04. The van der Waals surface area contributed by atoms with E-state index in [0.29, 0.717) is 0 Å². The first-order valence-corrected chi connectivity index (χ1v) is 5.17. The number of aliphatic carboxylic acids is 1. The number of amides is 4. The normalized spacial score (nSPS) is 16.1. The number of carboxylic acid groups (broad SMARTS) is 1. The summed E-state index contributed by atoms with van der Waals surface area (Å²) in [6.07, 6.45) is 1.41. The average molecular weight is 255 g/mol. The third-order valence-corrected chi connectivity index (χ3v) is 2.27. The van der Waals surface area contributed by atoms with E-state index in [1.807, 2.05) is 0 Å². The number of hydrogen-bond acceptors (Lipinski definition) is 4. The molecule has 8 nitrogen and oxygen atoms in total. The molecule has 0 aromatic carbocycles. The fraction of sp³-hybridized carbons (Fsp3) is 0.400. The molecule has 18 heavy (non-hydrogen) atoms. The smallest absolute Gasteiger partial charge is 0.326 e. The van der Waals surface area contributed by atoms with E-state index in [1.54, 1.807) is 0 Å². The second kappa shape index (κ2) is 5.80. The maximum absolute atomic E-state index is 11.5. The number of imide groups is 1. The molecule has 1 fully saturated rings. The van der Waals surface area contributed by atoms with Gasteiger partial charge in [-0.05, 0) is 6.42 Å². The van der Waals surface area contributed by atoms with Crippen LogP contribution in [0.15, 0.2) is 12.7 Å². The van der Waals surface area contributed by atoms with Crippen LogP contribution in [0.25, 0.3) is 0 Å². The van der Waals surface area contributed by atoms with Gasteiger partial charge in [-0.2, -0.15) is 0 Å². The van der Waals surface area contributed by atoms with E-state index in [2.05, 4.69) is 17.2 Å². The maximum atomic E-state index is 11.5. The summed E-state index contributed by atoms with van der Waals surface area (Å²) in [7, 11) is 0. The van der Waals surface area contributed by atoms with Crippen LogP contribution in [-0.4, -0.2) is 53.0 Å². The highest BCUT2D eigenvalue weighted by Gasteiger charge is 2.31. The van der Waals surface area contributed by atoms with Crippen LogP contribution in [0.1, 0.15) is 6.42 Å². The van der Waals surface area contributed by atoms with E-state index in [0.717, 1.165) is 4.90 Å². The van der Waals surface area contributed by atoms with E-state index in [1.165, 1.54) is 6.08 Å². The molecule has 3 N–H and O–H groups in total. The maximum Gasteiger partial charge on any atom is 0.326 e. The number of nitrogens with one attached hydrogen (secondary N) is 2. The van der Waals surface area contributed by atoms with Gasteiger partial charge in [0.15, 0.2) is 0 Å². The number of urea groups is 1. The van der Waals surface area contributed by atoms with Crippen molar-refractivity contribution in [2.45, 2.75) is 12.5 Å². The largest absolute Gasteiger partial charge is 0.480 e. The minimum atomic E-state index is -1.21. The van der Waals surface area contributed by atoms with Crippen LogP contribution in [0.4, 0.5) is 4.79 Å². The van der Waals surface area contributed by atoms with Gasteiger partial charge in [0, 0.05) is 0 Å². The van der Waals surface area contributed by atoms with Crippen molar-refractivity contribution >= 4 is 23.8 Å². The first-order chi connectivity index (χ1) is 8.45. The zero-order valence-corrected chi connectivity index (χ0v) is 9.51. The van der Waals surface area contributed by atoms with Crippen molar-refractivity contribution < 1.29 is 24.3 Å². The average Bonchev–Trinajstić information content (AvgIpc) is 2.60. The van der Waals surface area contributed by atoms with Crippen molar-refractivity contribution in [3.8, 4) is 0 Å². The summed E-state index contributed by atoms with van der Waals surface area (Å²) in [5.41, 5.74) is 0. The third-order valence-electron chi connectivity index (χ3n) is 2.27. The van der Waals surface area contributed by atoms with Crippen LogP contribution in [-0.2, 0) is 14.4 Å². The molecule has 0 radical (unpaired) electrons. The summed E-state index contributed by atoms with van der Waals surface area (Å²) in [6.45, 7) is 2.73. The molecule has 1 saturated heterocycles. The second-order valence-corrected chi connectivity index (χ2v) is 3.62. The Kier molecular flexibility index (Phi) is 4.41. The van der Waals surface area contributed by atoms with E-state index >= 15 is 0 Å². The standard InChI is InChI=1S/C10H13N3O5/c1-2-3-6(9(16)17)12-7(14)5-13-8(15)4-11-10(13)18/h2,6H,1,3-5H2,(H,11,18)(H,12,14)(H,16,17). The van der Waals surface area contributed by atoms with E-state index in [4.69, 9.17) is 5.11 Å². The van der Waals surface area contributed by atoms with Gasteiger partial charge in [-0.3, -0.25) is 14.5 Å². The molecule has 1 atom stereocenters. The molecule has 0 aromatic heterocycles. The van der Waals surface area contributed by atoms with Crippen molar-refractivity contribution in [3.05, 3.63) is 12.7 Å². The monoisotopic (exact) mass is 255 g/mol. The molecule has 98 valence electrons. The highest BCUT2D eigenvalue weighted by atomic mass is 16.4. The molecule has 0 spiro atoms. The Hall–Kier alpha value is -2.38. The number of rotatable bonds is 6. The van der Waals surface area contributed by atoms with Gasteiger partial charge in [0.1, 0.15) is 12.6 Å². The van der Waals surface area contributed by atoms with E-state index in [-0.39, 0.29) is 13.0 Å². The van der Waals surface area contributed by atoms with Gasteiger partial charge in [0.25, 0.3) is 5.91 Å². The molecule has 1 aliphatic rings. The molecule has 4 amide bonds. The SMILES string of the molecule is C=CCC(NC(=O)CN1C(=O)CNC1=O)C(=O)O. The Morgan fingerprint density at radius 3 is 2.67 bits per heavy atom. The molecule has 1 unspecified atom stereocenters. The lowest BCUT2D eigenvalue weighted by atomic mass is 10.2. The molecule has 0 aromatic rings. The predicted octanol–water partition coefficient (Wildman–Crippen LogP) is -1.32. The zero-order valence-electron chi connectivity index (χ0n) is 9.51. The highest BCUT2D eigenvalue weighted by Crippen LogP contribution is 1.99. The number of hydrogen-bond donors (Lipinski definition) is 3. The molecule has 0 bridgehead atoms. The Morgan fingerprint density at radius 2 is 2.22 bits per heavy atom. The van der Waals surface area contributed by atoms with Crippen molar-refractivity contribution in [3.63, 3.8) is 0 Å². The Labute approximate surface area is 103 Å². The summed E-state index contributed by atoms with van der Waals surface area (Å²) in [6, 6.07) is -1.78. The van der Waals surface area contributed by atoms with Crippen LogP contribution >= 0.6 is 0 Å². The summed E-state index contributed by atoms with van der Waals surface area (Å²) in [4.78, 5) is 45.3. The third kappa shape index (κ3) is 3.30. The summed E-state index contributed by atoms with van der Waals surface area (Å²) in [5.74, 6) is -2.44. The van der Waals surface area contributed by atoms with Crippen LogP contribution in [0.3, 0.4) is 0 Å². The Morgan fingerprint density at radius 1 is 1.56 bits per heavy atom. The van der Waals surface area contributed by atoms with E-state index in [9.17, 15) is 19.2 Å². The quantitative estimate of drug-likeness (QED) is 0.402. The molecular formula is C10H13N3O5. The van der Waals surface area contributed by atoms with Gasteiger partial charge in [-0.1, -0.05) is 6.08 Å². The first-order valence-electron chi connectivity index (χ1n) is 5.17. The predicted molar refractivity (Wildman–Crippen MR) is 59.5 cm³/mol. The van der Waals surface area contributed by atoms with Gasteiger partial charge in [-0.25, -0.2) is 9.59 Å². The van der Waals surface area contributed by atoms with Gasteiger partial charge in [0.05, 0.1) is 6.54 Å². The zero-order chi connectivity index (χ0) is 13.7. The molecule has 1 rings (SSSR count).